The Morgan fingerprint density at radius 3 is 1.46 bits per heavy atom. The minimum Gasteiger partial charge on any atom is -0.550 e. The van der Waals surface area contributed by atoms with Crippen LogP contribution in [0.15, 0.2) is 100 Å². The maximum Gasteiger partial charge on any atom is 0.355 e. The second kappa shape index (κ2) is 63.4. The summed E-state index contributed by atoms with van der Waals surface area (Å²) in [5.41, 5.74) is 11.5. The number of ether oxygens (including phenoxy) is 7. The molecule has 0 amide bonds. The number of unbranched alkanes of at least 4 members (excludes halogenated alkanes) is 42. The maximum atomic E-state index is 15.9. The Kier molecular flexibility index (Phi) is 52.0. The lowest BCUT2D eigenvalue weighted by Crippen LogP contribution is -2.47. The number of aliphatic imine (C=N–C) groups is 1. The van der Waals surface area contributed by atoms with Crippen LogP contribution in [0.25, 0.3) is 22.3 Å². The topological polar surface area (TPSA) is 509 Å². The molecule has 38 heteroatoms. The van der Waals surface area contributed by atoms with Crippen molar-refractivity contribution in [2.45, 2.75) is 428 Å². The number of hydrogen-bond acceptors (Lipinski definition) is 32. The number of carbonyl (C=O) groups excluding carboxylic acids is 10. The lowest BCUT2D eigenvalue weighted by Gasteiger charge is -2.35. The molecule has 0 spiro atoms. The average Bonchev–Trinajstić information content (AvgIpc) is 1.61. The molecule has 5 aliphatic heterocycles. The Morgan fingerprint density at radius 2 is 1.01 bits per heavy atom. The number of carboxylic acids is 4. The van der Waals surface area contributed by atoms with Gasteiger partial charge in [-0.3, -0.25) is 33.3 Å². The fourth-order valence-corrected chi connectivity index (χ4v) is 18.8. The summed E-state index contributed by atoms with van der Waals surface area (Å²) in [4.78, 5) is 160. The fourth-order valence-electron chi connectivity index (χ4n) is 18.8. The van der Waals surface area contributed by atoms with E-state index in [2.05, 4.69) is 16.6 Å². The van der Waals surface area contributed by atoms with Gasteiger partial charge in [0.25, 0.3) is 5.56 Å². The first kappa shape index (κ1) is 121. The molecule has 2 unspecified atom stereocenters. The zero-order valence-corrected chi connectivity index (χ0v) is 85.7. The molecule has 0 bridgehead atoms. The first-order valence-corrected chi connectivity index (χ1v) is 53.0. The van der Waals surface area contributed by atoms with Gasteiger partial charge in [-0.2, -0.15) is 22.5 Å². The molecule has 2 fully saturated rings. The quantitative estimate of drug-likeness (QED) is 0.00905. The van der Waals surface area contributed by atoms with Crippen molar-refractivity contribution >= 4 is 82.1 Å². The number of aliphatic hydroxyl groups excluding tert-OH is 1. The van der Waals surface area contributed by atoms with Crippen LogP contribution < -0.4 is 43.1 Å². The largest absolute Gasteiger partial charge is 0.550 e. The number of nitrogen functional groups attached to an aromatic ring is 1. The number of benzene rings is 2. The van der Waals surface area contributed by atoms with E-state index in [9.17, 15) is 97.0 Å². The number of anilines is 1. The third-order valence-corrected chi connectivity index (χ3v) is 27.1. The number of alkyl halides is 4. The number of nitrogens with zero attached hydrogens (tertiary/aromatic N) is 7. The molecule has 0 aliphatic carbocycles. The molecule has 7 atom stereocenters. The summed E-state index contributed by atoms with van der Waals surface area (Å²) >= 11 is 0. The number of aliphatic hydroxyl groups is 1. The molecular weight excluding hydrogens is 1910 g/mol. The third kappa shape index (κ3) is 39.8. The molecule has 6 N–H and O–H groups in total. The predicted octanol–water partition coefficient (Wildman–Crippen LogP) is 14.8. The van der Waals surface area contributed by atoms with Gasteiger partial charge in [-0.15, -0.1) is 0 Å². The zero-order valence-electron chi connectivity index (χ0n) is 85.7. The van der Waals surface area contributed by atoms with Crippen molar-refractivity contribution in [2.24, 2.45) is 10.7 Å². The number of phenolic OH excluding ortho intramolecular Hbond substituents is 1. The van der Waals surface area contributed by atoms with E-state index < -0.39 is 138 Å². The Labute approximate surface area is 857 Å². The van der Waals surface area contributed by atoms with Crippen LogP contribution in [-0.4, -0.2) is 168 Å². The Balaban J connectivity index is 0.000000277. The van der Waals surface area contributed by atoms with E-state index in [1.807, 2.05) is 25.1 Å². The summed E-state index contributed by atoms with van der Waals surface area (Å²) in [5, 5.41) is 63.6. The SMILES string of the molecule is C=C1N=C(N)C=CN1[C@@H]1O[C@H](OC(=O)CCCCCCCCCCCCCCCCCC(=O)[O-])C(O)C1(F)F.CC[C@@]1(OC(=O)CC(=O)Cc2ccc(C(=O)[O-])cc2)C(=O)OCc2c1cc1n(c2=O)Cc2cc3c(CN(C)C)c(O)ccc3nc2-1.Nc1ccn([C@@H]2O[C@H](COC(=O)CCCCCCCCCCCCCCCCCC(=O)[O-])C(OC(=O)CCCCCCCCCCCCCCCCCC(=O)[O-])C2(F)F)c(=O)n1. The van der Waals surface area contributed by atoms with Crippen LogP contribution >= 0.6 is 0 Å². The molecule has 0 saturated carbocycles. The number of aliphatic carboxylic acids is 3. The molecule has 5 aliphatic rings. The van der Waals surface area contributed by atoms with E-state index in [4.69, 9.17) is 49.6 Å². The predicted molar refractivity (Wildman–Crippen MR) is 532 cm³/mol. The van der Waals surface area contributed by atoms with E-state index in [1.54, 1.807) is 25.1 Å². The summed E-state index contributed by atoms with van der Waals surface area (Å²) in [5.74, 6) is -16.2. The van der Waals surface area contributed by atoms with Crippen molar-refractivity contribution in [3.8, 4) is 17.1 Å². The van der Waals surface area contributed by atoms with Gasteiger partial charge >= 0.3 is 47.4 Å². The number of esters is 5. The van der Waals surface area contributed by atoms with Crippen LogP contribution in [0.5, 0.6) is 5.75 Å². The number of aromatic carboxylic acids is 1. The van der Waals surface area contributed by atoms with E-state index in [-0.39, 0.29) is 104 Å². The molecule has 5 aromatic rings. The van der Waals surface area contributed by atoms with Crippen molar-refractivity contribution in [1.29, 1.82) is 0 Å². The van der Waals surface area contributed by atoms with Crippen molar-refractivity contribution in [1.82, 2.24) is 28.9 Å². The van der Waals surface area contributed by atoms with Gasteiger partial charge in [0, 0.05) is 84.6 Å². The highest BCUT2D eigenvalue weighted by molar-refractivity contribution is 5.98. The van der Waals surface area contributed by atoms with Gasteiger partial charge in [0.2, 0.25) is 24.3 Å². The van der Waals surface area contributed by atoms with Gasteiger partial charge in [0.1, 0.15) is 54.7 Å². The van der Waals surface area contributed by atoms with Crippen LogP contribution in [0.1, 0.15) is 392 Å². The second-order valence-corrected chi connectivity index (χ2v) is 39.3. The van der Waals surface area contributed by atoms with Crippen LogP contribution in [0, 0.1) is 0 Å². The molecule has 2 aromatic carbocycles. The normalized spacial score (nSPS) is 18.2. The van der Waals surface area contributed by atoms with Crippen molar-refractivity contribution in [2.75, 3.05) is 26.4 Å². The van der Waals surface area contributed by atoms with Gasteiger partial charge < -0.3 is 109 Å². The van der Waals surface area contributed by atoms with Crippen molar-refractivity contribution in [3.63, 3.8) is 0 Å². The molecule has 814 valence electrons. The smallest absolute Gasteiger partial charge is 0.355 e. The number of carbonyl (C=O) groups is 10. The lowest BCUT2D eigenvalue weighted by molar-refractivity contribution is -0.307. The monoisotopic (exact) mass is 2060 g/mol. The number of pyridine rings is 2. The number of Topliss-reactive ketones (excluding diaryl/α,β-unsaturated/α-hetero) is 1. The summed E-state index contributed by atoms with van der Waals surface area (Å²) in [6, 6.07) is 13.5. The summed E-state index contributed by atoms with van der Waals surface area (Å²) in [7, 11) is 3.79. The number of nitrogens with two attached hydrogens (primary N) is 2. The Bertz CT molecular complexity index is 5280. The first-order valence-electron chi connectivity index (χ1n) is 53.0. The van der Waals surface area contributed by atoms with E-state index >= 15 is 8.78 Å². The molecule has 8 heterocycles. The number of ketones is 1. The number of aromatic nitrogens is 4. The van der Waals surface area contributed by atoms with Gasteiger partial charge in [-0.25, -0.2) is 19.6 Å². The second-order valence-electron chi connectivity index (χ2n) is 39.3. The minimum atomic E-state index is -3.83. The van der Waals surface area contributed by atoms with Crippen LogP contribution in [0.3, 0.4) is 0 Å². The maximum absolute atomic E-state index is 15.9. The first-order chi connectivity index (χ1) is 70.4. The van der Waals surface area contributed by atoms with Gasteiger partial charge in [0.15, 0.2) is 12.2 Å². The number of rotatable bonds is 69. The number of amidine groups is 1. The zero-order chi connectivity index (χ0) is 107. The van der Waals surface area contributed by atoms with Gasteiger partial charge in [-0.1, -0.05) is 288 Å². The van der Waals surface area contributed by atoms with Gasteiger partial charge in [-0.05, 0) is 126 Å². The molecular formula is C109H151F4N9O25-4. The van der Waals surface area contributed by atoms with Crippen LogP contribution in [0.4, 0.5) is 23.4 Å². The molecule has 147 heavy (non-hydrogen) atoms. The fraction of sp³-hybridized carbons (Fsp3) is 0.642. The number of phenols is 1. The minimum absolute atomic E-state index is 0.0447. The van der Waals surface area contributed by atoms with Crippen molar-refractivity contribution in [3.05, 3.63) is 140 Å². The third-order valence-electron chi connectivity index (χ3n) is 27.1. The van der Waals surface area contributed by atoms with Crippen LogP contribution in [0.2, 0.25) is 0 Å². The molecule has 3 aromatic heterocycles. The van der Waals surface area contributed by atoms with E-state index in [1.165, 1.54) is 163 Å². The highest BCUT2D eigenvalue weighted by Crippen LogP contribution is 2.47. The van der Waals surface area contributed by atoms with Gasteiger partial charge in [0.05, 0.1) is 35.0 Å². The highest BCUT2D eigenvalue weighted by atomic mass is 19.3. The Hall–Kier alpha value is -11.5. The lowest BCUT2D eigenvalue weighted by atomic mass is 9.85. The van der Waals surface area contributed by atoms with Crippen molar-refractivity contribution < 1.29 is 129 Å². The van der Waals surface area contributed by atoms with Crippen LogP contribution in [-0.2, 0) is 108 Å². The number of fused-ring (bicyclic) bond motifs is 5. The standard InChI is InChI=1S/C47H79F2N3O10.C34H31N3O9.C28H45F2N3O6/c48-47(49)44(62-43(58)34-30-26-22-18-14-10-6-2-4-8-12-16-20-24-28-32-41(55)56)38(61-45(47)52-36-35-39(50)51-46(52)59)37-60-42(57)33-29-25-21-17-13-9-5-1-3-7-11-15-19-23-27-31-40(53)54;1-4-34(46-29(40)13-21(38)11-18-5-7-19(8-6-18)32(42)43)25-14-27-30-20(15-37(27)31(41)24(25)17-45-33(34)44)12-22-23(16-36(2)3)28(39)10-9-26(22)35-30;1-21-32-22(31)19-20-33(21)27-28(29,30)25(37)26(39-27)38-24(36)18-16-14-12-10-8-6-4-2-3-5-7-9-11-13-15-17-23(34)35/h35-36,38,44-45H,1-34,37H2,(H,53,54)(H,55,56)(H2,50,51,59);5-10,12,14,39H,4,11,13,15-17H2,1-3H3,(H,42,43);19-20,25-27,37H,1-18H2,(H2,31,32)(H,34,35)/p-4/t38-,44?,45-;34-;25?,26-,27+/m100/s1. The molecule has 34 nitrogen and oxygen atoms in total. The highest BCUT2D eigenvalue weighted by Gasteiger charge is 2.64. The number of aromatic hydroxyl groups is 1. The Morgan fingerprint density at radius 1 is 0.558 bits per heavy atom. The average molecular weight is 2060 g/mol. The molecule has 0 radical (unpaired) electrons. The summed E-state index contributed by atoms with van der Waals surface area (Å²) in [6.45, 7) is 5.00. The van der Waals surface area contributed by atoms with E-state index in [0.717, 1.165) is 163 Å². The molecule has 10 rings (SSSR count). The summed E-state index contributed by atoms with van der Waals surface area (Å²) in [6.07, 6.45) is 38.4. The number of cyclic esters (lactones) is 1. The number of carboxylic acid groups (broad SMARTS) is 4. The molecule has 2 saturated heterocycles. The van der Waals surface area contributed by atoms with E-state index in [0.29, 0.717) is 71.2 Å². The summed E-state index contributed by atoms with van der Waals surface area (Å²) < 4.78 is 101. The number of hydrogen-bond donors (Lipinski definition) is 4. The number of halogens is 4.